The summed E-state index contributed by atoms with van der Waals surface area (Å²) < 4.78 is 41.9. The molecule has 2 aliphatic rings. The smallest absolute Gasteiger partial charge is 0.430 e. The first-order chi connectivity index (χ1) is 14.3. The van der Waals surface area contributed by atoms with Gasteiger partial charge in [-0.15, -0.1) is 0 Å². The maximum atomic E-state index is 15.6. The molecule has 160 valence electrons. The Morgan fingerprint density at radius 2 is 2.03 bits per heavy atom. The molecule has 10 heteroatoms. The Labute approximate surface area is 170 Å². The van der Waals surface area contributed by atoms with Crippen LogP contribution < -0.4 is 26.5 Å². The van der Waals surface area contributed by atoms with Crippen molar-refractivity contribution in [2.75, 3.05) is 30.3 Å². The molecule has 1 unspecified atom stereocenters. The van der Waals surface area contributed by atoms with E-state index in [1.165, 1.54) is 21.7 Å². The number of carbonyl (C=O) groups excluding carboxylic acids is 1. The molecular weight excluding hydrogens is 398 g/mol. The van der Waals surface area contributed by atoms with Crippen LogP contribution in [0.5, 0.6) is 5.75 Å². The standard InChI is InChI=1S/C20H22F2N4O4/c1-2-7-29-20(28)30-12-9-26(11-3-4-11)17-13(19(12)27)16(24)14(21)18(15(17)22)25-6-5-10(23)8-25/h2,9-11H,1,3-8,23-24H2. The molecule has 0 bridgehead atoms. The first-order valence-electron chi connectivity index (χ1n) is 9.64. The molecular formula is C20H22F2N4O4. The van der Waals surface area contributed by atoms with E-state index in [4.69, 9.17) is 20.9 Å². The van der Waals surface area contributed by atoms with Crippen LogP contribution in [0.4, 0.5) is 25.0 Å². The highest BCUT2D eigenvalue weighted by molar-refractivity contribution is 5.96. The molecule has 1 aliphatic carbocycles. The van der Waals surface area contributed by atoms with Gasteiger partial charge in [-0.05, 0) is 19.3 Å². The number of carbonyl (C=O) groups is 1. The van der Waals surface area contributed by atoms with Crippen molar-refractivity contribution in [1.29, 1.82) is 0 Å². The van der Waals surface area contributed by atoms with Crippen LogP contribution in [0.15, 0.2) is 23.6 Å². The fraction of sp³-hybridized carbons (Fsp3) is 0.400. The second kappa shape index (κ2) is 7.60. The Morgan fingerprint density at radius 1 is 1.30 bits per heavy atom. The lowest BCUT2D eigenvalue weighted by Gasteiger charge is -2.23. The van der Waals surface area contributed by atoms with Crippen LogP contribution >= 0.6 is 0 Å². The Hall–Kier alpha value is -3.14. The highest BCUT2D eigenvalue weighted by atomic mass is 19.1. The summed E-state index contributed by atoms with van der Waals surface area (Å²) in [6.45, 7) is 3.95. The SMILES string of the molecule is C=CCOC(=O)Oc1cn(C2CC2)c2c(F)c(N3CCC(N)C3)c(F)c(N)c2c1=O. The Bertz CT molecular complexity index is 1100. The lowest BCUT2D eigenvalue weighted by atomic mass is 10.1. The van der Waals surface area contributed by atoms with Crippen LogP contribution in [0.2, 0.25) is 0 Å². The third kappa shape index (κ3) is 3.36. The minimum absolute atomic E-state index is 0.108. The predicted molar refractivity (Wildman–Crippen MR) is 108 cm³/mol. The zero-order valence-corrected chi connectivity index (χ0v) is 16.2. The predicted octanol–water partition coefficient (Wildman–Crippen LogP) is 2.44. The van der Waals surface area contributed by atoms with Crippen molar-refractivity contribution in [2.45, 2.75) is 31.3 Å². The van der Waals surface area contributed by atoms with Crippen molar-refractivity contribution >= 4 is 28.4 Å². The number of nitrogens with zero attached hydrogens (tertiary/aromatic N) is 2. The average molecular weight is 420 g/mol. The van der Waals surface area contributed by atoms with Crippen molar-refractivity contribution in [3.63, 3.8) is 0 Å². The Kier molecular flexibility index (Phi) is 5.10. The molecule has 30 heavy (non-hydrogen) atoms. The topological polar surface area (TPSA) is 113 Å². The summed E-state index contributed by atoms with van der Waals surface area (Å²) in [5, 5.41) is -0.363. The molecule has 2 aromatic rings. The van der Waals surface area contributed by atoms with Crippen LogP contribution in [-0.4, -0.2) is 36.5 Å². The van der Waals surface area contributed by atoms with Crippen LogP contribution in [0, 0.1) is 11.6 Å². The molecule has 4 rings (SSSR count). The van der Waals surface area contributed by atoms with E-state index < -0.39 is 34.7 Å². The van der Waals surface area contributed by atoms with Gasteiger partial charge in [0.05, 0.1) is 22.8 Å². The van der Waals surface area contributed by atoms with Crippen LogP contribution in [0.1, 0.15) is 25.3 Å². The summed E-state index contributed by atoms with van der Waals surface area (Å²) in [5.74, 6) is -2.32. The number of hydrogen-bond donors (Lipinski definition) is 2. The van der Waals surface area contributed by atoms with E-state index in [0.717, 1.165) is 12.8 Å². The zero-order chi connectivity index (χ0) is 21.6. The van der Waals surface area contributed by atoms with E-state index in [-0.39, 0.29) is 41.8 Å². The lowest BCUT2D eigenvalue weighted by Crippen LogP contribution is -2.28. The first-order valence-corrected chi connectivity index (χ1v) is 9.64. The molecule has 2 heterocycles. The average Bonchev–Trinajstić information content (AvgIpc) is 3.47. The summed E-state index contributed by atoms with van der Waals surface area (Å²) >= 11 is 0. The largest absolute Gasteiger partial charge is 0.514 e. The molecule has 1 saturated heterocycles. The number of fused-ring (bicyclic) bond motifs is 1. The van der Waals surface area contributed by atoms with Crippen LogP contribution in [0.25, 0.3) is 10.9 Å². The quantitative estimate of drug-likeness (QED) is 0.434. The summed E-state index contributed by atoms with van der Waals surface area (Å²) in [4.78, 5) is 26.2. The van der Waals surface area contributed by atoms with E-state index in [9.17, 15) is 9.59 Å². The minimum atomic E-state index is -1.13. The Morgan fingerprint density at radius 3 is 2.63 bits per heavy atom. The zero-order valence-electron chi connectivity index (χ0n) is 16.2. The second-order valence-electron chi connectivity index (χ2n) is 7.52. The van der Waals surface area contributed by atoms with Gasteiger partial charge in [0.15, 0.2) is 17.4 Å². The van der Waals surface area contributed by atoms with Gasteiger partial charge in [-0.1, -0.05) is 12.7 Å². The third-order valence-electron chi connectivity index (χ3n) is 5.33. The number of nitrogen functional groups attached to an aromatic ring is 1. The van der Waals surface area contributed by atoms with Gasteiger partial charge in [-0.25, -0.2) is 13.6 Å². The monoisotopic (exact) mass is 420 g/mol. The van der Waals surface area contributed by atoms with Gasteiger partial charge < -0.3 is 30.4 Å². The summed E-state index contributed by atoms with van der Waals surface area (Å²) in [7, 11) is 0. The van der Waals surface area contributed by atoms with Gasteiger partial charge in [-0.2, -0.15) is 0 Å². The molecule has 8 nitrogen and oxygen atoms in total. The van der Waals surface area contributed by atoms with Crippen molar-refractivity contribution in [3.05, 3.63) is 40.7 Å². The van der Waals surface area contributed by atoms with E-state index in [2.05, 4.69) is 6.58 Å². The van der Waals surface area contributed by atoms with E-state index in [1.807, 2.05) is 0 Å². The highest BCUT2D eigenvalue weighted by Gasteiger charge is 2.34. The fourth-order valence-corrected chi connectivity index (χ4v) is 3.76. The molecule has 0 amide bonds. The Balaban J connectivity index is 1.91. The number of aromatic nitrogens is 1. The van der Waals surface area contributed by atoms with Crippen molar-refractivity contribution in [3.8, 4) is 5.75 Å². The molecule has 2 fully saturated rings. The summed E-state index contributed by atoms with van der Waals surface area (Å²) in [6.07, 6.45) is 3.51. The number of hydrogen-bond acceptors (Lipinski definition) is 7. The molecule has 1 aromatic heterocycles. The number of rotatable bonds is 5. The number of anilines is 2. The van der Waals surface area contributed by atoms with E-state index in [1.54, 1.807) is 0 Å². The minimum Gasteiger partial charge on any atom is -0.430 e. The summed E-state index contributed by atoms with van der Waals surface area (Å²) in [6, 6.07) is -0.323. The van der Waals surface area contributed by atoms with Gasteiger partial charge in [-0.3, -0.25) is 4.79 Å². The fourth-order valence-electron chi connectivity index (χ4n) is 3.76. The number of benzene rings is 1. The molecule has 1 aliphatic heterocycles. The number of ether oxygens (including phenoxy) is 2. The summed E-state index contributed by atoms with van der Waals surface area (Å²) in [5.41, 5.74) is 10.1. The van der Waals surface area contributed by atoms with Gasteiger partial charge in [0.2, 0.25) is 5.43 Å². The van der Waals surface area contributed by atoms with E-state index >= 15 is 8.78 Å². The van der Waals surface area contributed by atoms with Gasteiger partial charge >= 0.3 is 6.16 Å². The molecule has 0 spiro atoms. The molecule has 0 radical (unpaired) electrons. The number of halogens is 2. The van der Waals surface area contributed by atoms with Crippen molar-refractivity contribution in [1.82, 2.24) is 4.57 Å². The maximum Gasteiger partial charge on any atom is 0.514 e. The van der Waals surface area contributed by atoms with Gasteiger partial charge in [0.1, 0.15) is 12.3 Å². The normalized spacial score (nSPS) is 18.6. The molecule has 1 saturated carbocycles. The van der Waals surface area contributed by atoms with Crippen LogP contribution in [-0.2, 0) is 4.74 Å². The van der Waals surface area contributed by atoms with Crippen molar-refractivity contribution < 1.29 is 23.0 Å². The maximum absolute atomic E-state index is 15.6. The first kappa shape index (κ1) is 20.1. The number of pyridine rings is 1. The van der Waals surface area contributed by atoms with E-state index in [0.29, 0.717) is 13.0 Å². The molecule has 1 aromatic carbocycles. The van der Waals surface area contributed by atoms with Crippen LogP contribution in [0.3, 0.4) is 0 Å². The third-order valence-corrected chi connectivity index (χ3v) is 5.33. The number of nitrogens with two attached hydrogens (primary N) is 2. The second-order valence-corrected chi connectivity index (χ2v) is 7.52. The lowest BCUT2D eigenvalue weighted by molar-refractivity contribution is 0.109. The van der Waals surface area contributed by atoms with Gasteiger partial charge in [0, 0.05) is 25.2 Å². The highest BCUT2D eigenvalue weighted by Crippen LogP contribution is 2.42. The van der Waals surface area contributed by atoms with Crippen molar-refractivity contribution in [2.24, 2.45) is 5.73 Å². The molecule has 1 atom stereocenters. The molecule has 4 N–H and O–H groups in total. The van der Waals surface area contributed by atoms with Gasteiger partial charge in [0.25, 0.3) is 0 Å².